The van der Waals surface area contributed by atoms with E-state index in [0.29, 0.717) is 13.2 Å². The lowest BCUT2D eigenvalue weighted by Crippen LogP contribution is -2.55. The zero-order valence-electron chi connectivity index (χ0n) is 12.6. The molecule has 0 spiro atoms. The van der Waals surface area contributed by atoms with E-state index in [1.54, 1.807) is 13.8 Å². The number of hydrogen-bond acceptors (Lipinski definition) is 5. The van der Waals surface area contributed by atoms with Crippen LogP contribution in [-0.4, -0.2) is 51.1 Å². The van der Waals surface area contributed by atoms with Crippen molar-refractivity contribution in [1.82, 2.24) is 4.31 Å². The highest BCUT2D eigenvalue weighted by Gasteiger charge is 2.40. The van der Waals surface area contributed by atoms with Crippen LogP contribution >= 0.6 is 11.6 Å². The van der Waals surface area contributed by atoms with Crippen molar-refractivity contribution in [2.75, 3.05) is 26.9 Å². The number of hydrogen-bond donors (Lipinski definition) is 0. The minimum atomic E-state index is -3.78. The summed E-state index contributed by atoms with van der Waals surface area (Å²) in [5.41, 5.74) is -0.464. The Hall–Kier alpha value is -1.15. The summed E-state index contributed by atoms with van der Waals surface area (Å²) in [6.45, 7) is 4.48. The Morgan fingerprint density at radius 2 is 2.09 bits per heavy atom. The van der Waals surface area contributed by atoms with Crippen molar-refractivity contribution in [1.29, 1.82) is 0 Å². The zero-order valence-corrected chi connectivity index (χ0v) is 14.2. The molecule has 0 saturated carbocycles. The van der Waals surface area contributed by atoms with Crippen LogP contribution in [0.5, 0.6) is 0 Å². The van der Waals surface area contributed by atoms with Gasteiger partial charge in [0, 0.05) is 6.54 Å². The van der Waals surface area contributed by atoms with E-state index in [1.807, 2.05) is 0 Å². The van der Waals surface area contributed by atoms with Crippen LogP contribution in [-0.2, 0) is 19.5 Å². The van der Waals surface area contributed by atoms with Crippen molar-refractivity contribution in [2.24, 2.45) is 0 Å². The molecule has 1 heterocycles. The van der Waals surface area contributed by atoms with Crippen LogP contribution in [0.1, 0.15) is 24.2 Å². The number of esters is 1. The molecule has 1 fully saturated rings. The molecular weight excluding hydrogens is 330 g/mol. The van der Waals surface area contributed by atoms with E-state index in [9.17, 15) is 13.2 Å². The van der Waals surface area contributed by atoms with Gasteiger partial charge in [-0.15, -0.1) is 0 Å². The number of morpholine rings is 1. The second-order valence-corrected chi connectivity index (χ2v) is 7.82. The predicted molar refractivity (Wildman–Crippen MR) is 81.6 cm³/mol. The third-order valence-corrected chi connectivity index (χ3v) is 6.08. The molecule has 0 unspecified atom stereocenters. The highest BCUT2D eigenvalue weighted by atomic mass is 35.5. The van der Waals surface area contributed by atoms with E-state index in [2.05, 4.69) is 4.74 Å². The Balaban J connectivity index is 2.44. The number of benzene rings is 1. The van der Waals surface area contributed by atoms with Crippen LogP contribution in [0.15, 0.2) is 23.1 Å². The van der Waals surface area contributed by atoms with Gasteiger partial charge in [-0.05, 0) is 32.0 Å². The van der Waals surface area contributed by atoms with Gasteiger partial charge in [0.25, 0.3) is 0 Å². The Labute approximate surface area is 135 Å². The highest BCUT2D eigenvalue weighted by molar-refractivity contribution is 7.89. The Bertz CT molecular complexity index is 686. The summed E-state index contributed by atoms with van der Waals surface area (Å²) in [5, 5.41) is -0.00908. The van der Waals surface area contributed by atoms with Gasteiger partial charge < -0.3 is 9.47 Å². The van der Waals surface area contributed by atoms with Crippen molar-refractivity contribution in [3.8, 4) is 0 Å². The minimum absolute atomic E-state index is 0.00908. The van der Waals surface area contributed by atoms with Gasteiger partial charge >= 0.3 is 5.97 Å². The monoisotopic (exact) mass is 347 g/mol. The molecule has 1 aromatic rings. The maximum Gasteiger partial charge on any atom is 0.337 e. The lowest BCUT2D eigenvalue weighted by atomic mass is 10.1. The van der Waals surface area contributed by atoms with E-state index in [1.165, 1.54) is 29.6 Å². The van der Waals surface area contributed by atoms with Crippen molar-refractivity contribution >= 4 is 27.6 Å². The number of rotatable bonds is 3. The van der Waals surface area contributed by atoms with Crippen molar-refractivity contribution in [2.45, 2.75) is 24.3 Å². The first-order chi connectivity index (χ1) is 10.2. The molecule has 2 rings (SSSR count). The summed E-state index contributed by atoms with van der Waals surface area (Å²) >= 11 is 6.08. The van der Waals surface area contributed by atoms with Crippen LogP contribution < -0.4 is 0 Å². The number of nitrogens with zero attached hydrogens (tertiary/aromatic N) is 1. The fourth-order valence-electron chi connectivity index (χ4n) is 2.36. The second-order valence-electron chi connectivity index (χ2n) is 5.58. The fourth-order valence-corrected chi connectivity index (χ4v) is 4.64. The van der Waals surface area contributed by atoms with Gasteiger partial charge in [-0.25, -0.2) is 13.2 Å². The van der Waals surface area contributed by atoms with Crippen LogP contribution in [0, 0.1) is 0 Å². The molecule has 0 aliphatic carbocycles. The molecule has 1 saturated heterocycles. The highest BCUT2D eigenvalue weighted by Crippen LogP contribution is 2.31. The summed E-state index contributed by atoms with van der Waals surface area (Å²) in [6.07, 6.45) is 0. The molecule has 0 amide bonds. The number of halogens is 1. The van der Waals surface area contributed by atoms with Crippen molar-refractivity contribution in [3.05, 3.63) is 28.8 Å². The van der Waals surface area contributed by atoms with Gasteiger partial charge in [0.05, 0.1) is 36.4 Å². The van der Waals surface area contributed by atoms with E-state index >= 15 is 0 Å². The molecule has 1 aliphatic rings. The molecular formula is C14H18ClNO5S. The third kappa shape index (κ3) is 3.12. The molecule has 0 atom stereocenters. The summed E-state index contributed by atoms with van der Waals surface area (Å²) in [4.78, 5) is 11.4. The Kier molecular flexibility index (Phi) is 4.81. The predicted octanol–water partition coefficient (Wildman–Crippen LogP) is 1.93. The van der Waals surface area contributed by atoms with Crippen LogP contribution in [0.4, 0.5) is 0 Å². The average Bonchev–Trinajstić information content (AvgIpc) is 2.45. The van der Waals surface area contributed by atoms with Gasteiger partial charge in [-0.1, -0.05) is 11.6 Å². The molecule has 0 bridgehead atoms. The average molecular weight is 348 g/mol. The maximum atomic E-state index is 12.8. The summed E-state index contributed by atoms with van der Waals surface area (Å²) < 4.78 is 37.0. The van der Waals surface area contributed by atoms with Crippen LogP contribution in [0.2, 0.25) is 5.02 Å². The van der Waals surface area contributed by atoms with E-state index in [0.717, 1.165) is 0 Å². The molecule has 1 aliphatic heterocycles. The maximum absolute atomic E-state index is 12.8. The minimum Gasteiger partial charge on any atom is -0.465 e. The first-order valence-corrected chi connectivity index (χ1v) is 8.50. The molecule has 8 heteroatoms. The largest absolute Gasteiger partial charge is 0.465 e. The van der Waals surface area contributed by atoms with E-state index in [4.69, 9.17) is 16.3 Å². The Morgan fingerprint density at radius 1 is 1.41 bits per heavy atom. The van der Waals surface area contributed by atoms with Crippen LogP contribution in [0.25, 0.3) is 0 Å². The Morgan fingerprint density at radius 3 is 2.64 bits per heavy atom. The fraction of sp³-hybridized carbons (Fsp3) is 0.500. The molecule has 1 aromatic carbocycles. The lowest BCUT2D eigenvalue weighted by Gasteiger charge is -2.40. The first-order valence-electron chi connectivity index (χ1n) is 6.68. The van der Waals surface area contributed by atoms with E-state index < -0.39 is 21.5 Å². The number of methoxy groups -OCH3 is 1. The molecule has 122 valence electrons. The summed E-state index contributed by atoms with van der Waals surface area (Å²) in [5.74, 6) is -0.572. The molecule has 0 N–H and O–H groups in total. The molecule has 0 aromatic heterocycles. The van der Waals surface area contributed by atoms with E-state index in [-0.39, 0.29) is 22.0 Å². The van der Waals surface area contributed by atoms with Gasteiger partial charge in [-0.3, -0.25) is 0 Å². The van der Waals surface area contributed by atoms with Crippen molar-refractivity contribution in [3.63, 3.8) is 0 Å². The van der Waals surface area contributed by atoms with Gasteiger partial charge in [-0.2, -0.15) is 4.31 Å². The smallest absolute Gasteiger partial charge is 0.337 e. The number of ether oxygens (including phenoxy) is 2. The standard InChI is InChI=1S/C14H18ClNO5S/c1-14(2)9-21-7-6-16(14)22(18,19)12-5-4-10(8-11(12)15)13(17)20-3/h4-5,8H,6-7,9H2,1-3H3. The van der Waals surface area contributed by atoms with Gasteiger partial charge in [0.15, 0.2) is 0 Å². The van der Waals surface area contributed by atoms with Gasteiger partial charge in [0.2, 0.25) is 10.0 Å². The first kappa shape index (κ1) is 17.2. The summed E-state index contributed by atoms with van der Waals surface area (Å²) in [6, 6.07) is 4.02. The quantitative estimate of drug-likeness (QED) is 0.781. The third-order valence-electron chi connectivity index (χ3n) is 3.49. The molecule has 6 nitrogen and oxygen atoms in total. The molecule has 0 radical (unpaired) electrons. The lowest BCUT2D eigenvalue weighted by molar-refractivity contribution is -0.00770. The number of carbonyl (C=O) groups excluding carboxylic acids is 1. The SMILES string of the molecule is COC(=O)c1ccc(S(=O)(=O)N2CCOCC2(C)C)c(Cl)c1. The number of carbonyl (C=O) groups is 1. The topological polar surface area (TPSA) is 72.9 Å². The normalized spacial score (nSPS) is 18.9. The molecule has 22 heavy (non-hydrogen) atoms. The number of sulfonamides is 1. The summed E-state index contributed by atoms with van der Waals surface area (Å²) in [7, 11) is -2.53. The zero-order chi connectivity index (χ0) is 16.5. The second kappa shape index (κ2) is 6.16. The van der Waals surface area contributed by atoms with Crippen LogP contribution in [0.3, 0.4) is 0 Å². The van der Waals surface area contributed by atoms with Crippen molar-refractivity contribution < 1.29 is 22.7 Å². The van der Waals surface area contributed by atoms with Gasteiger partial charge in [0.1, 0.15) is 4.90 Å².